The van der Waals surface area contributed by atoms with Crippen LogP contribution in [0.3, 0.4) is 0 Å². The highest BCUT2D eigenvalue weighted by Crippen LogP contribution is 2.20. The summed E-state index contributed by atoms with van der Waals surface area (Å²) in [6.07, 6.45) is 0.163. The fourth-order valence-electron chi connectivity index (χ4n) is 1.85. The van der Waals surface area contributed by atoms with Crippen molar-refractivity contribution in [2.45, 2.75) is 20.0 Å². The van der Waals surface area contributed by atoms with Crippen LogP contribution in [-0.4, -0.2) is 28.7 Å². The van der Waals surface area contributed by atoms with Crippen LogP contribution in [0, 0.1) is 0 Å². The first-order chi connectivity index (χ1) is 11.8. The van der Waals surface area contributed by atoms with Gasteiger partial charge < -0.3 is 10.1 Å². The average Bonchev–Trinajstić information content (AvgIpc) is 2.57. The number of carbonyl (C=O) groups is 3. The number of amides is 1. The van der Waals surface area contributed by atoms with Crippen molar-refractivity contribution in [2.75, 3.05) is 5.32 Å². The van der Waals surface area contributed by atoms with Gasteiger partial charge in [0.1, 0.15) is 5.15 Å². The third-order valence-corrected chi connectivity index (χ3v) is 3.93. The summed E-state index contributed by atoms with van der Waals surface area (Å²) in [7, 11) is 0. The second kappa shape index (κ2) is 8.09. The van der Waals surface area contributed by atoms with Gasteiger partial charge in [0.05, 0.1) is 10.6 Å². The Hall–Kier alpha value is -2.44. The van der Waals surface area contributed by atoms with Crippen LogP contribution in [0.5, 0.6) is 0 Å². The molecule has 1 N–H and O–H groups in total. The number of ether oxygens (including phenoxy) is 1. The Kier molecular flexibility index (Phi) is 6.12. The zero-order chi connectivity index (χ0) is 18.6. The summed E-state index contributed by atoms with van der Waals surface area (Å²) in [5.41, 5.74) is 1.10. The second-order valence-corrected chi connectivity index (χ2v) is 5.93. The van der Waals surface area contributed by atoms with Crippen LogP contribution in [0.15, 0.2) is 36.5 Å². The fraction of sp³-hybridized carbons (Fsp3) is 0.176. The number of nitrogens with one attached hydrogen (secondary N) is 1. The van der Waals surface area contributed by atoms with Gasteiger partial charge in [-0.1, -0.05) is 23.2 Å². The summed E-state index contributed by atoms with van der Waals surface area (Å²) in [6.45, 7) is 2.88. The molecule has 1 aromatic carbocycles. The van der Waals surface area contributed by atoms with E-state index in [0.717, 1.165) is 0 Å². The van der Waals surface area contributed by atoms with Crippen molar-refractivity contribution in [3.8, 4) is 0 Å². The molecule has 0 spiro atoms. The van der Waals surface area contributed by atoms with E-state index in [4.69, 9.17) is 27.9 Å². The van der Waals surface area contributed by atoms with Gasteiger partial charge in [-0.05, 0) is 44.2 Å². The van der Waals surface area contributed by atoms with Crippen molar-refractivity contribution in [3.05, 3.63) is 57.8 Å². The Morgan fingerprint density at radius 1 is 1.12 bits per heavy atom. The van der Waals surface area contributed by atoms with Crippen LogP contribution in [-0.2, 0) is 9.53 Å². The summed E-state index contributed by atoms with van der Waals surface area (Å²) >= 11 is 11.5. The minimum Gasteiger partial charge on any atom is -0.449 e. The predicted molar refractivity (Wildman–Crippen MR) is 94.2 cm³/mol. The molecule has 1 atom stereocenters. The van der Waals surface area contributed by atoms with Gasteiger partial charge in [-0.2, -0.15) is 0 Å². The highest BCUT2D eigenvalue weighted by atomic mass is 35.5. The summed E-state index contributed by atoms with van der Waals surface area (Å²) in [4.78, 5) is 39.1. The molecule has 1 heterocycles. The number of aromatic nitrogens is 1. The predicted octanol–water partition coefficient (Wildman–Crippen LogP) is 3.78. The van der Waals surface area contributed by atoms with Crippen molar-refractivity contribution >= 4 is 46.5 Å². The third-order valence-electron chi connectivity index (χ3n) is 3.24. The molecule has 8 heteroatoms. The van der Waals surface area contributed by atoms with Gasteiger partial charge in [0.25, 0.3) is 5.91 Å². The van der Waals surface area contributed by atoms with Crippen LogP contribution in [0.2, 0.25) is 10.2 Å². The maximum atomic E-state index is 12.1. The maximum absolute atomic E-state index is 12.1. The van der Waals surface area contributed by atoms with Crippen LogP contribution in [0.25, 0.3) is 0 Å². The first-order valence-electron chi connectivity index (χ1n) is 7.22. The number of hydrogen-bond acceptors (Lipinski definition) is 5. The van der Waals surface area contributed by atoms with Crippen molar-refractivity contribution in [2.24, 2.45) is 0 Å². The highest BCUT2D eigenvalue weighted by Gasteiger charge is 2.20. The molecule has 2 rings (SSSR count). The standard InChI is InChI=1S/C17H14Cl2N2O4/c1-9(22)11-3-5-13(6-4-11)21-16(23)10(2)25-17(24)12-7-14(18)15(19)20-8-12/h3-8,10H,1-2H3,(H,21,23)/t10-/m0/s1. The van der Waals surface area contributed by atoms with Crippen molar-refractivity contribution < 1.29 is 19.1 Å². The Morgan fingerprint density at radius 3 is 2.32 bits per heavy atom. The molecule has 0 fully saturated rings. The Balaban J connectivity index is 1.98. The van der Waals surface area contributed by atoms with Gasteiger partial charge >= 0.3 is 5.97 Å². The molecule has 0 aliphatic rings. The molecule has 0 aliphatic carbocycles. The summed E-state index contributed by atoms with van der Waals surface area (Å²) in [5.74, 6) is -1.34. The monoisotopic (exact) mass is 380 g/mol. The number of anilines is 1. The molecule has 1 aromatic heterocycles. The number of nitrogens with zero attached hydrogens (tertiary/aromatic N) is 1. The second-order valence-electron chi connectivity index (χ2n) is 5.17. The quantitative estimate of drug-likeness (QED) is 0.484. The van der Waals surface area contributed by atoms with E-state index >= 15 is 0 Å². The van der Waals surface area contributed by atoms with Crippen LogP contribution in [0.1, 0.15) is 34.6 Å². The molecular weight excluding hydrogens is 367 g/mol. The van der Waals surface area contributed by atoms with E-state index in [1.165, 1.54) is 26.1 Å². The minimum absolute atomic E-state index is 0.0676. The lowest BCUT2D eigenvalue weighted by molar-refractivity contribution is -0.123. The number of benzene rings is 1. The molecule has 130 valence electrons. The van der Waals surface area contributed by atoms with E-state index in [-0.39, 0.29) is 21.5 Å². The van der Waals surface area contributed by atoms with E-state index in [1.54, 1.807) is 24.3 Å². The van der Waals surface area contributed by atoms with Crippen LogP contribution in [0.4, 0.5) is 5.69 Å². The van der Waals surface area contributed by atoms with Gasteiger partial charge in [-0.3, -0.25) is 9.59 Å². The fourth-order valence-corrected chi connectivity index (χ4v) is 2.12. The molecule has 1 amide bonds. The first-order valence-corrected chi connectivity index (χ1v) is 7.97. The van der Waals surface area contributed by atoms with Crippen LogP contribution >= 0.6 is 23.2 Å². The van der Waals surface area contributed by atoms with E-state index in [9.17, 15) is 14.4 Å². The van der Waals surface area contributed by atoms with Crippen molar-refractivity contribution in [1.29, 1.82) is 0 Å². The molecule has 6 nitrogen and oxygen atoms in total. The molecule has 2 aromatic rings. The summed E-state index contributed by atoms with van der Waals surface area (Å²) in [6, 6.07) is 7.68. The summed E-state index contributed by atoms with van der Waals surface area (Å²) in [5, 5.41) is 2.77. The molecule has 0 unspecified atom stereocenters. The van der Waals surface area contributed by atoms with Crippen molar-refractivity contribution in [1.82, 2.24) is 4.98 Å². The molecular formula is C17H14Cl2N2O4. The van der Waals surface area contributed by atoms with E-state index in [1.807, 2.05) is 0 Å². The SMILES string of the molecule is CC(=O)c1ccc(NC(=O)[C@H](C)OC(=O)c2cnc(Cl)c(Cl)c2)cc1. The smallest absolute Gasteiger partial charge is 0.340 e. The number of halogens is 2. The lowest BCUT2D eigenvalue weighted by Gasteiger charge is -2.13. The molecule has 0 radical (unpaired) electrons. The molecule has 0 saturated carbocycles. The molecule has 25 heavy (non-hydrogen) atoms. The van der Waals surface area contributed by atoms with Gasteiger partial charge in [0.15, 0.2) is 11.9 Å². The average molecular weight is 381 g/mol. The Morgan fingerprint density at radius 2 is 1.76 bits per heavy atom. The Bertz CT molecular complexity index is 822. The van der Waals surface area contributed by atoms with Crippen molar-refractivity contribution in [3.63, 3.8) is 0 Å². The zero-order valence-electron chi connectivity index (χ0n) is 13.4. The van der Waals surface area contributed by atoms with E-state index in [2.05, 4.69) is 10.3 Å². The molecule has 0 aliphatic heterocycles. The number of carbonyl (C=O) groups excluding carboxylic acids is 3. The zero-order valence-corrected chi connectivity index (χ0v) is 14.9. The lowest BCUT2D eigenvalue weighted by atomic mass is 10.1. The van der Waals surface area contributed by atoms with E-state index in [0.29, 0.717) is 11.3 Å². The van der Waals surface area contributed by atoms with Gasteiger partial charge in [0, 0.05) is 17.4 Å². The Labute approximate surface area is 154 Å². The maximum Gasteiger partial charge on any atom is 0.340 e. The van der Waals surface area contributed by atoms with Gasteiger partial charge in [0.2, 0.25) is 0 Å². The normalized spacial score (nSPS) is 11.5. The number of ketones is 1. The van der Waals surface area contributed by atoms with Gasteiger partial charge in [-0.15, -0.1) is 0 Å². The van der Waals surface area contributed by atoms with Gasteiger partial charge in [-0.25, -0.2) is 9.78 Å². The van der Waals surface area contributed by atoms with Crippen LogP contribution < -0.4 is 5.32 Å². The first kappa shape index (κ1) is 18.9. The number of pyridine rings is 1. The number of Topliss-reactive ketones (excluding diaryl/α,β-unsaturated/α-hetero) is 1. The minimum atomic E-state index is -1.05. The third kappa shape index (κ3) is 5.01. The number of rotatable bonds is 5. The topological polar surface area (TPSA) is 85.4 Å². The van der Waals surface area contributed by atoms with E-state index < -0.39 is 18.0 Å². The summed E-state index contributed by atoms with van der Waals surface area (Å²) < 4.78 is 5.08. The lowest BCUT2D eigenvalue weighted by Crippen LogP contribution is -2.30. The number of hydrogen-bond donors (Lipinski definition) is 1. The largest absolute Gasteiger partial charge is 0.449 e. The molecule has 0 bridgehead atoms. The highest BCUT2D eigenvalue weighted by molar-refractivity contribution is 6.41. The molecule has 0 saturated heterocycles. The number of esters is 1.